The molecule has 1 N–H and O–H groups in total. The van der Waals surface area contributed by atoms with Crippen molar-refractivity contribution in [1.29, 1.82) is 0 Å². The Kier molecular flexibility index (Phi) is 6.70. The molecule has 0 aliphatic carbocycles. The molecule has 2 aliphatic rings. The SMILES string of the molecule is CN1CCC(N2CCC[C@H](C(=O)NCCOc3ccccc3)C2)CC1. The Labute approximate surface area is 151 Å². The molecule has 5 heteroatoms. The van der Waals surface area contributed by atoms with Crippen LogP contribution < -0.4 is 10.1 Å². The lowest BCUT2D eigenvalue weighted by molar-refractivity contribution is -0.127. The zero-order valence-electron chi connectivity index (χ0n) is 15.3. The van der Waals surface area contributed by atoms with Crippen molar-refractivity contribution in [2.75, 3.05) is 46.4 Å². The van der Waals surface area contributed by atoms with E-state index in [9.17, 15) is 4.79 Å². The number of amides is 1. The molecule has 1 atom stereocenters. The molecular weight excluding hydrogens is 314 g/mol. The van der Waals surface area contributed by atoms with E-state index in [2.05, 4.69) is 22.2 Å². The Balaban J connectivity index is 1.38. The maximum Gasteiger partial charge on any atom is 0.224 e. The van der Waals surface area contributed by atoms with Crippen molar-refractivity contribution >= 4 is 5.91 Å². The van der Waals surface area contributed by atoms with Crippen molar-refractivity contribution < 1.29 is 9.53 Å². The number of benzene rings is 1. The first kappa shape index (κ1) is 18.2. The maximum absolute atomic E-state index is 12.5. The van der Waals surface area contributed by atoms with Gasteiger partial charge in [0.1, 0.15) is 12.4 Å². The van der Waals surface area contributed by atoms with Gasteiger partial charge in [-0.1, -0.05) is 18.2 Å². The van der Waals surface area contributed by atoms with E-state index in [0.29, 0.717) is 19.2 Å². The number of hydrogen-bond donors (Lipinski definition) is 1. The number of para-hydroxylation sites is 1. The molecule has 138 valence electrons. The van der Waals surface area contributed by atoms with Crippen LogP contribution >= 0.6 is 0 Å². The summed E-state index contributed by atoms with van der Waals surface area (Å²) in [7, 11) is 2.19. The topological polar surface area (TPSA) is 44.8 Å². The second-order valence-corrected chi connectivity index (χ2v) is 7.32. The Morgan fingerprint density at radius 1 is 1.16 bits per heavy atom. The molecule has 0 unspecified atom stereocenters. The van der Waals surface area contributed by atoms with E-state index in [-0.39, 0.29) is 11.8 Å². The molecule has 0 bridgehead atoms. The fraction of sp³-hybridized carbons (Fsp3) is 0.650. The van der Waals surface area contributed by atoms with Crippen LogP contribution in [0.5, 0.6) is 5.75 Å². The Bertz CT molecular complexity index is 529. The summed E-state index contributed by atoms with van der Waals surface area (Å²) >= 11 is 0. The minimum atomic E-state index is 0.130. The lowest BCUT2D eigenvalue weighted by Gasteiger charge is -2.41. The van der Waals surface area contributed by atoms with Crippen LogP contribution in [-0.4, -0.2) is 68.1 Å². The number of nitrogens with one attached hydrogen (secondary N) is 1. The minimum Gasteiger partial charge on any atom is -0.492 e. The van der Waals surface area contributed by atoms with Gasteiger partial charge in [0.05, 0.1) is 12.5 Å². The van der Waals surface area contributed by atoms with Crippen molar-refractivity contribution in [1.82, 2.24) is 15.1 Å². The molecule has 2 aliphatic heterocycles. The molecule has 2 heterocycles. The van der Waals surface area contributed by atoms with Gasteiger partial charge in [0.2, 0.25) is 5.91 Å². The van der Waals surface area contributed by atoms with Crippen LogP contribution in [0.25, 0.3) is 0 Å². The lowest BCUT2D eigenvalue weighted by atomic mass is 9.93. The molecule has 0 spiro atoms. The van der Waals surface area contributed by atoms with Gasteiger partial charge < -0.3 is 15.0 Å². The molecule has 1 aromatic rings. The number of piperidine rings is 2. The van der Waals surface area contributed by atoms with Crippen molar-refractivity contribution in [3.05, 3.63) is 30.3 Å². The first-order valence-electron chi connectivity index (χ1n) is 9.60. The number of carbonyl (C=O) groups excluding carboxylic acids is 1. The highest BCUT2D eigenvalue weighted by molar-refractivity contribution is 5.78. The second-order valence-electron chi connectivity index (χ2n) is 7.32. The van der Waals surface area contributed by atoms with Gasteiger partial charge in [-0.05, 0) is 64.5 Å². The molecular formula is C20H31N3O2. The molecule has 0 saturated carbocycles. The van der Waals surface area contributed by atoms with E-state index in [1.807, 2.05) is 30.3 Å². The molecule has 1 amide bonds. The largest absolute Gasteiger partial charge is 0.492 e. The smallest absolute Gasteiger partial charge is 0.224 e. The third kappa shape index (κ3) is 5.44. The van der Waals surface area contributed by atoms with Crippen LogP contribution in [0.2, 0.25) is 0 Å². The molecule has 1 aromatic carbocycles. The van der Waals surface area contributed by atoms with Crippen LogP contribution in [0.1, 0.15) is 25.7 Å². The molecule has 2 fully saturated rings. The van der Waals surface area contributed by atoms with Gasteiger partial charge in [-0.3, -0.25) is 9.69 Å². The van der Waals surface area contributed by atoms with Crippen molar-refractivity contribution in [3.8, 4) is 5.75 Å². The highest BCUT2D eigenvalue weighted by Crippen LogP contribution is 2.23. The van der Waals surface area contributed by atoms with Crippen molar-refractivity contribution in [2.45, 2.75) is 31.7 Å². The number of carbonyl (C=O) groups is 1. The molecule has 0 aromatic heterocycles. The maximum atomic E-state index is 12.5. The molecule has 3 rings (SSSR count). The normalized spacial score (nSPS) is 23.3. The van der Waals surface area contributed by atoms with E-state index in [1.165, 1.54) is 25.9 Å². The third-order valence-electron chi connectivity index (χ3n) is 5.44. The van der Waals surface area contributed by atoms with E-state index >= 15 is 0 Å². The van der Waals surface area contributed by atoms with E-state index < -0.39 is 0 Å². The second kappa shape index (κ2) is 9.20. The minimum absolute atomic E-state index is 0.130. The van der Waals surface area contributed by atoms with Gasteiger partial charge in [0, 0.05) is 12.6 Å². The summed E-state index contributed by atoms with van der Waals surface area (Å²) in [5, 5.41) is 3.05. The average Bonchev–Trinajstić information content (AvgIpc) is 2.66. The molecule has 0 radical (unpaired) electrons. The molecule has 5 nitrogen and oxygen atoms in total. The van der Waals surface area contributed by atoms with Crippen LogP contribution in [0, 0.1) is 5.92 Å². The summed E-state index contributed by atoms with van der Waals surface area (Å²) in [5.41, 5.74) is 0. The monoisotopic (exact) mass is 345 g/mol. The van der Waals surface area contributed by atoms with Gasteiger partial charge in [-0.25, -0.2) is 0 Å². The molecule has 25 heavy (non-hydrogen) atoms. The van der Waals surface area contributed by atoms with Gasteiger partial charge in [0.25, 0.3) is 0 Å². The summed E-state index contributed by atoms with van der Waals surface area (Å²) in [6, 6.07) is 10.4. The van der Waals surface area contributed by atoms with E-state index in [0.717, 1.165) is 31.7 Å². The Hall–Kier alpha value is -1.59. The summed E-state index contributed by atoms with van der Waals surface area (Å²) in [6.45, 7) is 5.50. The number of likely N-dealkylation sites (tertiary alicyclic amines) is 2. The zero-order valence-corrected chi connectivity index (χ0v) is 15.3. The fourth-order valence-electron chi connectivity index (χ4n) is 3.92. The number of ether oxygens (including phenoxy) is 1. The zero-order chi connectivity index (χ0) is 17.5. The van der Waals surface area contributed by atoms with Crippen molar-refractivity contribution in [2.24, 2.45) is 5.92 Å². The van der Waals surface area contributed by atoms with Crippen molar-refractivity contribution in [3.63, 3.8) is 0 Å². The van der Waals surface area contributed by atoms with Crippen LogP contribution in [0.15, 0.2) is 30.3 Å². The third-order valence-corrected chi connectivity index (χ3v) is 5.44. The van der Waals surface area contributed by atoms with Crippen LogP contribution in [0.3, 0.4) is 0 Å². The fourth-order valence-corrected chi connectivity index (χ4v) is 3.92. The lowest BCUT2D eigenvalue weighted by Crippen LogP contribution is -2.50. The summed E-state index contributed by atoms with van der Waals surface area (Å²) in [6.07, 6.45) is 4.60. The van der Waals surface area contributed by atoms with Gasteiger partial charge in [0.15, 0.2) is 0 Å². The van der Waals surface area contributed by atoms with Crippen LogP contribution in [-0.2, 0) is 4.79 Å². The summed E-state index contributed by atoms with van der Waals surface area (Å²) < 4.78 is 5.64. The summed E-state index contributed by atoms with van der Waals surface area (Å²) in [4.78, 5) is 17.4. The number of hydrogen-bond acceptors (Lipinski definition) is 4. The number of rotatable bonds is 6. The Morgan fingerprint density at radius 3 is 2.68 bits per heavy atom. The number of nitrogens with zero attached hydrogens (tertiary/aromatic N) is 2. The predicted molar refractivity (Wildman–Crippen MR) is 99.8 cm³/mol. The van der Waals surface area contributed by atoms with Gasteiger partial charge >= 0.3 is 0 Å². The van der Waals surface area contributed by atoms with Gasteiger partial charge in [-0.15, -0.1) is 0 Å². The first-order chi connectivity index (χ1) is 12.2. The van der Waals surface area contributed by atoms with E-state index in [1.54, 1.807) is 0 Å². The highest BCUT2D eigenvalue weighted by Gasteiger charge is 2.30. The van der Waals surface area contributed by atoms with Gasteiger partial charge in [-0.2, -0.15) is 0 Å². The van der Waals surface area contributed by atoms with E-state index in [4.69, 9.17) is 4.74 Å². The summed E-state index contributed by atoms with van der Waals surface area (Å²) in [5.74, 6) is 1.17. The average molecular weight is 345 g/mol. The standard InChI is InChI=1S/C20H31N3O2/c1-22-13-9-18(10-14-22)23-12-5-6-17(16-23)20(24)21-11-15-25-19-7-3-2-4-8-19/h2-4,7-8,17-18H,5-6,9-16H2,1H3,(H,21,24)/t17-/m0/s1. The quantitative estimate of drug-likeness (QED) is 0.801. The first-order valence-corrected chi connectivity index (χ1v) is 9.60. The molecule has 2 saturated heterocycles. The highest BCUT2D eigenvalue weighted by atomic mass is 16.5. The van der Waals surface area contributed by atoms with Crippen LogP contribution in [0.4, 0.5) is 0 Å². The predicted octanol–water partition coefficient (Wildman–Crippen LogP) is 1.99. The Morgan fingerprint density at radius 2 is 1.92 bits per heavy atom.